The van der Waals surface area contributed by atoms with E-state index in [2.05, 4.69) is 5.32 Å². The molecule has 0 aromatic heterocycles. The molecule has 1 N–H and O–H groups in total. The molecule has 0 saturated heterocycles. The summed E-state index contributed by atoms with van der Waals surface area (Å²) in [6.07, 6.45) is 1.35. The molecular weight excluding hydrogens is 436 g/mol. The summed E-state index contributed by atoms with van der Waals surface area (Å²) in [5, 5.41) is 3.17. The maximum Gasteiger partial charge on any atom is 0.248 e. The molecule has 0 radical (unpaired) electrons. The van der Waals surface area contributed by atoms with E-state index in [1.807, 2.05) is 30.3 Å². The van der Waals surface area contributed by atoms with E-state index in [1.165, 1.54) is 6.07 Å². The topological polar surface area (TPSA) is 75.7 Å². The molecule has 0 aliphatic rings. The van der Waals surface area contributed by atoms with E-state index in [9.17, 15) is 13.2 Å². The molecule has 3 aromatic rings. The van der Waals surface area contributed by atoms with Gasteiger partial charge in [0.1, 0.15) is 17.5 Å². The van der Waals surface area contributed by atoms with Crippen LogP contribution in [0.1, 0.15) is 13.3 Å². The summed E-state index contributed by atoms with van der Waals surface area (Å²) in [7, 11) is -3.73. The highest BCUT2D eigenvalue weighted by molar-refractivity contribution is 7.92. The molecular formula is C23H23ClN2O4S. The zero-order valence-electron chi connectivity index (χ0n) is 17.2. The molecule has 3 aromatic carbocycles. The number of carbonyl (C=O) groups excluding carboxylic acids is 1. The van der Waals surface area contributed by atoms with Gasteiger partial charge in [0.25, 0.3) is 0 Å². The van der Waals surface area contributed by atoms with Crippen molar-refractivity contribution in [2.24, 2.45) is 0 Å². The van der Waals surface area contributed by atoms with Crippen molar-refractivity contribution in [1.29, 1.82) is 0 Å². The fraction of sp³-hybridized carbons (Fsp3) is 0.174. The Labute approximate surface area is 187 Å². The van der Waals surface area contributed by atoms with Gasteiger partial charge in [-0.05, 0) is 61.0 Å². The van der Waals surface area contributed by atoms with Gasteiger partial charge in [0.05, 0.1) is 11.9 Å². The van der Waals surface area contributed by atoms with E-state index in [1.54, 1.807) is 49.4 Å². The summed E-state index contributed by atoms with van der Waals surface area (Å²) in [5.41, 5.74) is 0.868. The van der Waals surface area contributed by atoms with Crippen LogP contribution in [0.15, 0.2) is 78.9 Å². The fourth-order valence-electron chi connectivity index (χ4n) is 3.13. The molecule has 0 fully saturated rings. The van der Waals surface area contributed by atoms with Crippen molar-refractivity contribution in [3.63, 3.8) is 0 Å². The summed E-state index contributed by atoms with van der Waals surface area (Å²) >= 11 is 6.04. The standard InChI is InChI=1S/C23H23ClN2O4S/c1-3-22(26(31(2,28)29)19-9-7-8-17(24)16-19)23(27)25-18-12-14-21(15-13-18)30-20-10-5-4-6-11-20/h4-16,22H,3H2,1-2H3,(H,25,27)/t22-/m1/s1. The number of ether oxygens (including phenoxy) is 1. The average Bonchev–Trinajstić information content (AvgIpc) is 2.73. The second kappa shape index (κ2) is 9.85. The van der Waals surface area contributed by atoms with Crippen molar-refractivity contribution in [3.8, 4) is 11.5 Å². The van der Waals surface area contributed by atoms with Gasteiger partial charge in [-0.3, -0.25) is 9.10 Å². The first kappa shape index (κ1) is 22.7. The highest BCUT2D eigenvalue weighted by Crippen LogP contribution is 2.27. The van der Waals surface area contributed by atoms with Crippen LogP contribution in [0.5, 0.6) is 11.5 Å². The predicted molar refractivity (Wildman–Crippen MR) is 124 cm³/mol. The molecule has 1 amide bonds. The van der Waals surface area contributed by atoms with Gasteiger partial charge < -0.3 is 10.1 Å². The van der Waals surface area contributed by atoms with E-state index in [0.29, 0.717) is 27.9 Å². The maximum absolute atomic E-state index is 13.0. The number of amides is 1. The van der Waals surface area contributed by atoms with Gasteiger partial charge >= 0.3 is 0 Å². The summed E-state index contributed by atoms with van der Waals surface area (Å²) in [6, 6.07) is 21.7. The molecule has 162 valence electrons. The van der Waals surface area contributed by atoms with Gasteiger partial charge in [0.2, 0.25) is 15.9 Å². The summed E-state index contributed by atoms with van der Waals surface area (Å²) in [6.45, 7) is 1.75. The molecule has 0 bridgehead atoms. The second-order valence-corrected chi connectivity index (χ2v) is 9.19. The largest absolute Gasteiger partial charge is 0.457 e. The molecule has 0 unspecified atom stereocenters. The number of carbonyl (C=O) groups is 1. The minimum Gasteiger partial charge on any atom is -0.457 e. The van der Waals surface area contributed by atoms with Crippen molar-refractivity contribution in [2.45, 2.75) is 19.4 Å². The molecule has 3 rings (SSSR count). The lowest BCUT2D eigenvalue weighted by Crippen LogP contribution is -2.47. The minimum absolute atomic E-state index is 0.278. The van der Waals surface area contributed by atoms with Gasteiger partial charge in [0, 0.05) is 10.7 Å². The lowest BCUT2D eigenvalue weighted by Gasteiger charge is -2.30. The van der Waals surface area contributed by atoms with Gasteiger partial charge in [0.15, 0.2) is 0 Å². The number of rotatable bonds is 8. The molecule has 0 aliphatic carbocycles. The summed E-state index contributed by atoms with van der Waals surface area (Å²) in [4.78, 5) is 13.0. The van der Waals surface area contributed by atoms with E-state index >= 15 is 0 Å². The zero-order valence-corrected chi connectivity index (χ0v) is 18.7. The number of nitrogens with one attached hydrogen (secondary N) is 1. The van der Waals surface area contributed by atoms with E-state index in [-0.39, 0.29) is 6.42 Å². The van der Waals surface area contributed by atoms with Gasteiger partial charge in [-0.1, -0.05) is 42.8 Å². The van der Waals surface area contributed by atoms with Gasteiger partial charge in [-0.2, -0.15) is 0 Å². The Hall–Kier alpha value is -3.03. The van der Waals surface area contributed by atoms with Crippen LogP contribution in [0.3, 0.4) is 0 Å². The first-order valence-electron chi connectivity index (χ1n) is 9.66. The predicted octanol–water partition coefficient (Wildman–Crippen LogP) is 5.32. The normalized spacial score (nSPS) is 12.1. The highest BCUT2D eigenvalue weighted by Gasteiger charge is 2.31. The average molecular weight is 459 g/mol. The van der Waals surface area contributed by atoms with Crippen LogP contribution in [0.4, 0.5) is 11.4 Å². The smallest absolute Gasteiger partial charge is 0.248 e. The first-order chi connectivity index (χ1) is 14.8. The third-order valence-corrected chi connectivity index (χ3v) is 5.91. The number of halogens is 1. The number of nitrogens with zero attached hydrogens (tertiary/aromatic N) is 1. The van der Waals surface area contributed by atoms with Crippen molar-refractivity contribution in [1.82, 2.24) is 0 Å². The molecule has 31 heavy (non-hydrogen) atoms. The van der Waals surface area contributed by atoms with E-state index < -0.39 is 22.0 Å². The van der Waals surface area contributed by atoms with Crippen LogP contribution < -0.4 is 14.4 Å². The quantitative estimate of drug-likeness (QED) is 0.496. The molecule has 0 spiro atoms. The Morgan fingerprint density at radius 2 is 1.65 bits per heavy atom. The Kier molecular flexibility index (Phi) is 7.20. The van der Waals surface area contributed by atoms with Crippen LogP contribution in [0.2, 0.25) is 5.02 Å². The zero-order chi connectivity index (χ0) is 22.4. The van der Waals surface area contributed by atoms with Gasteiger partial charge in [-0.15, -0.1) is 0 Å². The molecule has 1 atom stereocenters. The van der Waals surface area contributed by atoms with Crippen molar-refractivity contribution in [3.05, 3.63) is 83.9 Å². The Bertz CT molecular complexity index is 1140. The third kappa shape index (κ3) is 5.99. The first-order valence-corrected chi connectivity index (χ1v) is 11.9. The Balaban J connectivity index is 1.78. The number of benzene rings is 3. The maximum atomic E-state index is 13.0. The van der Waals surface area contributed by atoms with Crippen molar-refractivity contribution >= 4 is 38.9 Å². The van der Waals surface area contributed by atoms with Crippen LogP contribution in [0.25, 0.3) is 0 Å². The fourth-order valence-corrected chi connectivity index (χ4v) is 4.52. The third-order valence-electron chi connectivity index (χ3n) is 4.49. The summed E-state index contributed by atoms with van der Waals surface area (Å²) in [5.74, 6) is 0.883. The van der Waals surface area contributed by atoms with Crippen LogP contribution in [0, 0.1) is 0 Å². The van der Waals surface area contributed by atoms with Crippen molar-refractivity contribution in [2.75, 3.05) is 15.9 Å². The van der Waals surface area contributed by atoms with E-state index in [0.717, 1.165) is 10.6 Å². The number of anilines is 2. The Morgan fingerprint density at radius 1 is 1.00 bits per heavy atom. The molecule has 0 heterocycles. The summed E-state index contributed by atoms with van der Waals surface area (Å²) < 4.78 is 31.9. The van der Waals surface area contributed by atoms with Gasteiger partial charge in [-0.25, -0.2) is 8.42 Å². The number of hydrogen-bond donors (Lipinski definition) is 1. The minimum atomic E-state index is -3.73. The van der Waals surface area contributed by atoms with Crippen molar-refractivity contribution < 1.29 is 17.9 Å². The highest BCUT2D eigenvalue weighted by atomic mass is 35.5. The number of para-hydroxylation sites is 1. The molecule has 0 saturated carbocycles. The monoisotopic (exact) mass is 458 g/mol. The van der Waals surface area contributed by atoms with Crippen LogP contribution in [-0.2, 0) is 14.8 Å². The lowest BCUT2D eigenvalue weighted by molar-refractivity contribution is -0.117. The second-order valence-electron chi connectivity index (χ2n) is 6.89. The SMILES string of the molecule is CC[C@H](C(=O)Nc1ccc(Oc2ccccc2)cc1)N(c1cccc(Cl)c1)S(C)(=O)=O. The molecule has 0 aliphatic heterocycles. The number of hydrogen-bond acceptors (Lipinski definition) is 4. The molecule has 6 nitrogen and oxygen atoms in total. The Morgan fingerprint density at radius 3 is 2.23 bits per heavy atom. The number of sulfonamides is 1. The molecule has 8 heteroatoms. The van der Waals surface area contributed by atoms with Crippen LogP contribution >= 0.6 is 11.6 Å². The van der Waals surface area contributed by atoms with E-state index in [4.69, 9.17) is 16.3 Å². The van der Waals surface area contributed by atoms with Crippen LogP contribution in [-0.4, -0.2) is 26.6 Å². The lowest BCUT2D eigenvalue weighted by atomic mass is 10.1.